The van der Waals surface area contributed by atoms with Crippen LogP contribution in [0, 0.1) is 6.92 Å². The van der Waals surface area contributed by atoms with Gasteiger partial charge in [-0.2, -0.15) is 0 Å². The number of carbonyl (C=O) groups is 1. The lowest BCUT2D eigenvalue weighted by Crippen LogP contribution is -2.32. The lowest BCUT2D eigenvalue weighted by atomic mass is 10.2. The second-order valence-corrected chi connectivity index (χ2v) is 8.34. The van der Waals surface area contributed by atoms with Crippen LogP contribution in [-0.4, -0.2) is 25.9 Å². The summed E-state index contributed by atoms with van der Waals surface area (Å²) >= 11 is 0. The largest absolute Gasteiger partial charge is 0.350 e. The Morgan fingerprint density at radius 3 is 2.33 bits per heavy atom. The molecule has 1 heterocycles. The molecule has 1 N–H and O–H groups in total. The molecule has 1 aromatic heterocycles. The highest BCUT2D eigenvalue weighted by atomic mass is 32.2. The van der Waals surface area contributed by atoms with Crippen LogP contribution >= 0.6 is 0 Å². The Balaban J connectivity index is 1.90. The lowest BCUT2D eigenvalue weighted by Gasteiger charge is -2.19. The Hall–Kier alpha value is -2.99. The molecular formula is C21H20N2O3S. The van der Waals surface area contributed by atoms with Crippen LogP contribution < -0.4 is 5.32 Å². The number of hydrogen-bond donors (Lipinski definition) is 1. The smallest absolute Gasteiger partial charge is 0.251 e. The van der Waals surface area contributed by atoms with Gasteiger partial charge in [-0.1, -0.05) is 42.0 Å². The van der Waals surface area contributed by atoms with Crippen molar-refractivity contribution < 1.29 is 13.2 Å². The predicted octanol–water partition coefficient (Wildman–Crippen LogP) is 3.34. The lowest BCUT2D eigenvalue weighted by molar-refractivity contribution is 0.0953. The van der Waals surface area contributed by atoms with Gasteiger partial charge < -0.3 is 5.32 Å². The van der Waals surface area contributed by atoms with E-state index in [0.717, 1.165) is 5.56 Å². The van der Waals surface area contributed by atoms with Crippen LogP contribution in [0.25, 0.3) is 0 Å². The highest BCUT2D eigenvalue weighted by molar-refractivity contribution is 7.91. The second kappa shape index (κ2) is 8.14. The van der Waals surface area contributed by atoms with Crippen molar-refractivity contribution in [2.75, 3.05) is 6.54 Å². The van der Waals surface area contributed by atoms with E-state index in [9.17, 15) is 13.2 Å². The van der Waals surface area contributed by atoms with E-state index in [1.165, 1.54) is 6.20 Å². The molecule has 27 heavy (non-hydrogen) atoms. The predicted molar refractivity (Wildman–Crippen MR) is 104 cm³/mol. The van der Waals surface area contributed by atoms with E-state index in [-0.39, 0.29) is 17.3 Å². The zero-order valence-corrected chi connectivity index (χ0v) is 15.7. The Morgan fingerprint density at radius 2 is 1.70 bits per heavy atom. The molecule has 0 aliphatic carbocycles. The van der Waals surface area contributed by atoms with Crippen LogP contribution in [0.1, 0.15) is 26.7 Å². The summed E-state index contributed by atoms with van der Waals surface area (Å²) in [6.45, 7) is 1.85. The summed E-state index contributed by atoms with van der Waals surface area (Å²) < 4.78 is 26.4. The van der Waals surface area contributed by atoms with E-state index in [1.807, 2.05) is 13.0 Å². The molecule has 0 radical (unpaired) electrons. The molecule has 0 fully saturated rings. The van der Waals surface area contributed by atoms with Crippen LogP contribution in [0.4, 0.5) is 0 Å². The SMILES string of the molecule is Cc1ccc(S(=O)(=O)C(CNC(=O)c2ccccc2)c2cccnc2)cc1. The molecule has 3 rings (SSSR count). The van der Waals surface area contributed by atoms with Crippen LogP contribution in [-0.2, 0) is 9.84 Å². The number of hydrogen-bond acceptors (Lipinski definition) is 4. The number of aromatic nitrogens is 1. The first kappa shape index (κ1) is 18.8. The molecule has 5 nitrogen and oxygen atoms in total. The van der Waals surface area contributed by atoms with E-state index in [1.54, 1.807) is 66.9 Å². The first-order chi connectivity index (χ1) is 13.0. The van der Waals surface area contributed by atoms with E-state index < -0.39 is 15.1 Å². The molecule has 0 saturated heterocycles. The van der Waals surface area contributed by atoms with Crippen molar-refractivity contribution in [2.45, 2.75) is 17.1 Å². The summed E-state index contributed by atoms with van der Waals surface area (Å²) in [6, 6.07) is 18.8. The van der Waals surface area contributed by atoms with Crippen molar-refractivity contribution in [3.63, 3.8) is 0 Å². The van der Waals surface area contributed by atoms with Crippen molar-refractivity contribution in [3.8, 4) is 0 Å². The van der Waals surface area contributed by atoms with Gasteiger partial charge in [0, 0.05) is 24.5 Å². The van der Waals surface area contributed by atoms with Gasteiger partial charge in [0.15, 0.2) is 9.84 Å². The molecule has 3 aromatic rings. The van der Waals surface area contributed by atoms with Crippen LogP contribution in [0.15, 0.2) is 84.0 Å². The Kier molecular flexibility index (Phi) is 5.66. The third-order valence-electron chi connectivity index (χ3n) is 4.26. The second-order valence-electron chi connectivity index (χ2n) is 6.21. The zero-order chi connectivity index (χ0) is 19.3. The number of amides is 1. The van der Waals surface area contributed by atoms with Gasteiger partial charge in [-0.05, 0) is 42.8 Å². The number of nitrogens with one attached hydrogen (secondary N) is 1. The van der Waals surface area contributed by atoms with Gasteiger partial charge in [0.2, 0.25) is 0 Å². The highest BCUT2D eigenvalue weighted by Crippen LogP contribution is 2.28. The van der Waals surface area contributed by atoms with Crippen molar-refractivity contribution in [3.05, 3.63) is 95.8 Å². The van der Waals surface area contributed by atoms with E-state index in [0.29, 0.717) is 11.1 Å². The van der Waals surface area contributed by atoms with Gasteiger partial charge >= 0.3 is 0 Å². The van der Waals surface area contributed by atoms with Gasteiger partial charge in [0.25, 0.3) is 5.91 Å². The summed E-state index contributed by atoms with van der Waals surface area (Å²) in [5.41, 5.74) is 1.99. The van der Waals surface area contributed by atoms with E-state index >= 15 is 0 Å². The Bertz CT molecular complexity index is 1000. The molecule has 1 amide bonds. The third-order valence-corrected chi connectivity index (χ3v) is 6.38. The van der Waals surface area contributed by atoms with Crippen LogP contribution in [0.5, 0.6) is 0 Å². The fourth-order valence-electron chi connectivity index (χ4n) is 2.74. The molecule has 1 atom stereocenters. The standard InChI is InChI=1S/C21H20N2O3S/c1-16-9-11-19(12-10-16)27(25,26)20(18-8-5-13-22-14-18)15-23-21(24)17-6-3-2-4-7-17/h2-14,20H,15H2,1H3,(H,23,24). The summed E-state index contributed by atoms with van der Waals surface area (Å²) in [5.74, 6) is -0.316. The molecule has 0 aliphatic rings. The fraction of sp³-hybridized carbons (Fsp3) is 0.143. The molecule has 1 unspecified atom stereocenters. The van der Waals surface area contributed by atoms with Gasteiger partial charge in [-0.25, -0.2) is 8.42 Å². The maximum atomic E-state index is 13.2. The minimum Gasteiger partial charge on any atom is -0.350 e. The van der Waals surface area contributed by atoms with Gasteiger partial charge in [0.1, 0.15) is 5.25 Å². The first-order valence-electron chi connectivity index (χ1n) is 8.52. The summed E-state index contributed by atoms with van der Waals surface area (Å²) in [6.07, 6.45) is 3.10. The molecule has 0 saturated carbocycles. The fourth-order valence-corrected chi connectivity index (χ4v) is 4.39. The number of aryl methyl sites for hydroxylation is 1. The number of nitrogens with zero attached hydrogens (tertiary/aromatic N) is 1. The molecular weight excluding hydrogens is 360 g/mol. The molecule has 6 heteroatoms. The van der Waals surface area contributed by atoms with Crippen LogP contribution in [0.3, 0.4) is 0 Å². The summed E-state index contributed by atoms with van der Waals surface area (Å²) in [5, 5.41) is 1.81. The van der Waals surface area contributed by atoms with Crippen molar-refractivity contribution in [2.24, 2.45) is 0 Å². The third kappa shape index (κ3) is 4.41. The first-order valence-corrected chi connectivity index (χ1v) is 10.1. The Labute approximate surface area is 159 Å². The molecule has 138 valence electrons. The average molecular weight is 380 g/mol. The summed E-state index contributed by atoms with van der Waals surface area (Å²) in [4.78, 5) is 16.6. The summed E-state index contributed by atoms with van der Waals surface area (Å²) in [7, 11) is -3.70. The van der Waals surface area contributed by atoms with Gasteiger partial charge in [-0.3, -0.25) is 9.78 Å². The number of sulfone groups is 1. The maximum Gasteiger partial charge on any atom is 0.251 e. The number of pyridine rings is 1. The molecule has 0 aliphatic heterocycles. The number of carbonyl (C=O) groups excluding carboxylic acids is 1. The zero-order valence-electron chi connectivity index (χ0n) is 14.9. The van der Waals surface area contributed by atoms with Crippen molar-refractivity contribution in [1.82, 2.24) is 10.3 Å². The highest BCUT2D eigenvalue weighted by Gasteiger charge is 2.29. The minimum absolute atomic E-state index is 0.0460. The average Bonchev–Trinajstić information content (AvgIpc) is 2.69. The molecule has 0 bridgehead atoms. The molecule has 2 aromatic carbocycles. The van der Waals surface area contributed by atoms with Crippen molar-refractivity contribution in [1.29, 1.82) is 0 Å². The topological polar surface area (TPSA) is 76.1 Å². The minimum atomic E-state index is -3.70. The van der Waals surface area contributed by atoms with Gasteiger partial charge in [0.05, 0.1) is 4.90 Å². The van der Waals surface area contributed by atoms with Crippen molar-refractivity contribution >= 4 is 15.7 Å². The van der Waals surface area contributed by atoms with E-state index in [4.69, 9.17) is 0 Å². The number of rotatable bonds is 6. The monoisotopic (exact) mass is 380 g/mol. The maximum absolute atomic E-state index is 13.2. The normalized spacial score (nSPS) is 12.3. The quantitative estimate of drug-likeness (QED) is 0.712. The number of benzene rings is 2. The van der Waals surface area contributed by atoms with Crippen LogP contribution in [0.2, 0.25) is 0 Å². The Morgan fingerprint density at radius 1 is 1.00 bits per heavy atom. The van der Waals surface area contributed by atoms with Gasteiger partial charge in [-0.15, -0.1) is 0 Å². The van der Waals surface area contributed by atoms with E-state index in [2.05, 4.69) is 10.3 Å². The molecule has 0 spiro atoms.